The highest BCUT2D eigenvalue weighted by atomic mass is 19.1. The number of nitrogens with one attached hydrogen (secondary N) is 1. The summed E-state index contributed by atoms with van der Waals surface area (Å²) >= 11 is 0. The molecule has 2 rings (SSSR count). The average Bonchev–Trinajstić information content (AvgIpc) is 2.56. The summed E-state index contributed by atoms with van der Waals surface area (Å²) in [4.78, 5) is 23.5. The number of nitriles is 1. The number of rotatable bonds is 3. The molecule has 0 saturated heterocycles. The second-order valence-corrected chi connectivity index (χ2v) is 4.31. The summed E-state index contributed by atoms with van der Waals surface area (Å²) < 4.78 is 22.5. The molecule has 0 fully saturated rings. The molecule has 0 spiro atoms. The van der Waals surface area contributed by atoms with E-state index in [1.807, 2.05) is 0 Å². The topological polar surface area (TPSA) is 88.4 Å². The first-order valence-electron chi connectivity index (χ1n) is 6.41. The number of amides is 1. The molecule has 7 heteroatoms. The molecule has 0 aromatic heterocycles. The molecule has 1 amide bonds. The Morgan fingerprint density at radius 3 is 2.65 bits per heavy atom. The molecule has 0 atom stereocenters. The molecule has 2 aromatic rings. The Hall–Kier alpha value is -3.40. The van der Waals surface area contributed by atoms with Gasteiger partial charge < -0.3 is 14.8 Å². The standard InChI is InChI=1S/C16H11FN2O4/c1-22-16(21)23-14-5-3-2-4-12(14)15(20)19-11-6-7-13(17)10(8-11)9-18/h2-8H,1H3,(H,19,20). The van der Waals surface area contributed by atoms with Gasteiger partial charge in [-0.15, -0.1) is 0 Å². The van der Waals surface area contributed by atoms with Gasteiger partial charge in [0.1, 0.15) is 17.6 Å². The lowest BCUT2D eigenvalue weighted by atomic mass is 10.1. The summed E-state index contributed by atoms with van der Waals surface area (Å²) in [6.07, 6.45) is -0.959. The van der Waals surface area contributed by atoms with Gasteiger partial charge in [0, 0.05) is 5.69 Å². The largest absolute Gasteiger partial charge is 0.513 e. The molecule has 0 unspecified atom stereocenters. The molecular weight excluding hydrogens is 303 g/mol. The molecule has 6 nitrogen and oxygen atoms in total. The lowest BCUT2D eigenvalue weighted by Gasteiger charge is -2.10. The third-order valence-corrected chi connectivity index (χ3v) is 2.84. The lowest BCUT2D eigenvalue weighted by molar-refractivity contribution is 0.101. The Kier molecular flexibility index (Phi) is 4.89. The number of ether oxygens (including phenoxy) is 2. The zero-order valence-electron chi connectivity index (χ0n) is 12.0. The highest BCUT2D eigenvalue weighted by molar-refractivity contribution is 6.06. The second-order valence-electron chi connectivity index (χ2n) is 4.31. The summed E-state index contributed by atoms with van der Waals surface area (Å²) in [5, 5.41) is 11.3. The first kappa shape index (κ1) is 16.0. The Labute approximate surface area is 131 Å². The van der Waals surface area contributed by atoms with E-state index < -0.39 is 17.9 Å². The van der Waals surface area contributed by atoms with Crippen LogP contribution in [0.5, 0.6) is 5.75 Å². The van der Waals surface area contributed by atoms with Gasteiger partial charge in [-0.2, -0.15) is 5.26 Å². The van der Waals surface area contributed by atoms with Crippen molar-refractivity contribution in [2.45, 2.75) is 0 Å². The summed E-state index contributed by atoms with van der Waals surface area (Å²) in [5.74, 6) is -1.25. The normalized spacial score (nSPS) is 9.61. The van der Waals surface area contributed by atoms with Crippen LogP contribution in [0.25, 0.3) is 0 Å². The maximum atomic E-state index is 13.3. The van der Waals surface area contributed by atoms with E-state index in [0.717, 1.165) is 13.2 Å². The van der Waals surface area contributed by atoms with Crippen LogP contribution in [-0.2, 0) is 4.74 Å². The van der Waals surface area contributed by atoms with Crippen LogP contribution in [0.2, 0.25) is 0 Å². The number of hydrogen-bond donors (Lipinski definition) is 1. The zero-order chi connectivity index (χ0) is 16.8. The highest BCUT2D eigenvalue weighted by Gasteiger charge is 2.16. The van der Waals surface area contributed by atoms with E-state index in [0.29, 0.717) is 0 Å². The van der Waals surface area contributed by atoms with Gasteiger partial charge in [-0.05, 0) is 30.3 Å². The summed E-state index contributed by atoms with van der Waals surface area (Å²) in [7, 11) is 1.15. The molecule has 2 aromatic carbocycles. The first-order chi connectivity index (χ1) is 11.0. The predicted octanol–water partition coefficient (Wildman–Crippen LogP) is 3.09. The van der Waals surface area contributed by atoms with E-state index in [1.54, 1.807) is 18.2 Å². The number of carbonyl (C=O) groups excluding carboxylic acids is 2. The first-order valence-corrected chi connectivity index (χ1v) is 6.41. The van der Waals surface area contributed by atoms with E-state index in [1.165, 1.54) is 24.3 Å². The predicted molar refractivity (Wildman–Crippen MR) is 78.5 cm³/mol. The molecule has 0 aliphatic heterocycles. The number of methoxy groups -OCH3 is 1. The van der Waals surface area contributed by atoms with E-state index >= 15 is 0 Å². The number of halogens is 1. The van der Waals surface area contributed by atoms with Crippen molar-refractivity contribution in [3.05, 3.63) is 59.4 Å². The van der Waals surface area contributed by atoms with Crippen molar-refractivity contribution in [1.82, 2.24) is 0 Å². The van der Waals surface area contributed by atoms with Gasteiger partial charge in [-0.25, -0.2) is 9.18 Å². The number of benzene rings is 2. The van der Waals surface area contributed by atoms with Gasteiger partial charge in [-0.3, -0.25) is 4.79 Å². The van der Waals surface area contributed by atoms with Gasteiger partial charge in [-0.1, -0.05) is 12.1 Å². The third-order valence-electron chi connectivity index (χ3n) is 2.84. The van der Waals surface area contributed by atoms with Crippen molar-refractivity contribution in [3.8, 4) is 11.8 Å². The maximum Gasteiger partial charge on any atom is 0.513 e. The van der Waals surface area contributed by atoms with Gasteiger partial charge in [0.25, 0.3) is 5.91 Å². The fourth-order valence-corrected chi connectivity index (χ4v) is 1.76. The number of hydrogen-bond acceptors (Lipinski definition) is 5. The second kappa shape index (κ2) is 7.04. The van der Waals surface area contributed by atoms with Crippen molar-refractivity contribution in [1.29, 1.82) is 5.26 Å². The van der Waals surface area contributed by atoms with Gasteiger partial charge in [0.05, 0.1) is 18.2 Å². The Balaban J connectivity index is 2.25. The molecule has 0 saturated carbocycles. The van der Waals surface area contributed by atoms with Crippen LogP contribution < -0.4 is 10.1 Å². The van der Waals surface area contributed by atoms with Crippen LogP contribution >= 0.6 is 0 Å². The molecule has 1 N–H and O–H groups in total. The van der Waals surface area contributed by atoms with E-state index in [2.05, 4.69) is 10.1 Å². The van der Waals surface area contributed by atoms with Gasteiger partial charge >= 0.3 is 6.16 Å². The van der Waals surface area contributed by atoms with E-state index in [-0.39, 0.29) is 22.6 Å². The van der Waals surface area contributed by atoms with E-state index in [9.17, 15) is 14.0 Å². The van der Waals surface area contributed by atoms with Crippen LogP contribution in [-0.4, -0.2) is 19.2 Å². The third kappa shape index (κ3) is 3.83. The molecule has 0 bridgehead atoms. The average molecular weight is 314 g/mol. The maximum absolute atomic E-state index is 13.3. The number of carbonyl (C=O) groups is 2. The van der Waals surface area contributed by atoms with E-state index in [4.69, 9.17) is 10.00 Å². The molecule has 0 heterocycles. The minimum absolute atomic E-state index is 0.0134. The van der Waals surface area contributed by atoms with Gasteiger partial charge in [0.2, 0.25) is 0 Å². The lowest BCUT2D eigenvalue weighted by Crippen LogP contribution is -2.16. The minimum Gasteiger partial charge on any atom is -0.437 e. The van der Waals surface area contributed by atoms with Crippen molar-refractivity contribution in [2.75, 3.05) is 12.4 Å². The fourth-order valence-electron chi connectivity index (χ4n) is 1.76. The fraction of sp³-hybridized carbons (Fsp3) is 0.0625. The van der Waals surface area contributed by atoms with Crippen LogP contribution in [0.3, 0.4) is 0 Å². The molecule has 0 aliphatic rings. The number of nitrogens with zero attached hydrogens (tertiary/aromatic N) is 1. The SMILES string of the molecule is COC(=O)Oc1ccccc1C(=O)Nc1ccc(F)c(C#N)c1. The highest BCUT2D eigenvalue weighted by Crippen LogP contribution is 2.21. The van der Waals surface area contributed by atoms with Crippen molar-refractivity contribution >= 4 is 17.7 Å². The molecular formula is C16H11FN2O4. The van der Waals surface area contributed by atoms with Gasteiger partial charge in [0.15, 0.2) is 0 Å². The number of para-hydroxylation sites is 1. The van der Waals surface area contributed by atoms with Crippen LogP contribution in [0, 0.1) is 17.1 Å². The van der Waals surface area contributed by atoms with Crippen molar-refractivity contribution < 1.29 is 23.5 Å². The Morgan fingerprint density at radius 2 is 1.96 bits per heavy atom. The van der Waals surface area contributed by atoms with Crippen molar-refractivity contribution in [2.24, 2.45) is 0 Å². The zero-order valence-corrected chi connectivity index (χ0v) is 12.0. The molecule has 23 heavy (non-hydrogen) atoms. The Bertz CT molecular complexity index is 799. The summed E-state index contributed by atoms with van der Waals surface area (Å²) in [6, 6.07) is 11.3. The van der Waals surface area contributed by atoms with Crippen molar-refractivity contribution in [3.63, 3.8) is 0 Å². The summed E-state index contributed by atoms with van der Waals surface area (Å²) in [5.41, 5.74) is 0.128. The van der Waals surface area contributed by atoms with Crippen LogP contribution in [0.15, 0.2) is 42.5 Å². The number of anilines is 1. The molecule has 0 radical (unpaired) electrons. The van der Waals surface area contributed by atoms with Crippen LogP contribution in [0.1, 0.15) is 15.9 Å². The molecule has 0 aliphatic carbocycles. The minimum atomic E-state index is -0.959. The quantitative estimate of drug-likeness (QED) is 0.694. The smallest absolute Gasteiger partial charge is 0.437 e. The summed E-state index contributed by atoms with van der Waals surface area (Å²) in [6.45, 7) is 0. The molecule has 116 valence electrons. The van der Waals surface area contributed by atoms with Crippen LogP contribution in [0.4, 0.5) is 14.9 Å². The Morgan fingerprint density at radius 1 is 1.22 bits per heavy atom. The monoisotopic (exact) mass is 314 g/mol.